The molecular formula is C11H10O4. The predicted molar refractivity (Wildman–Crippen MR) is 51.2 cm³/mol. The van der Waals surface area contributed by atoms with Crippen LogP contribution in [-0.2, 0) is 20.7 Å². The Bertz CT molecular complexity index is 385. The normalized spacial score (nSPS) is 24.1. The number of rotatable bonds is 3. The van der Waals surface area contributed by atoms with Gasteiger partial charge in [0.15, 0.2) is 0 Å². The van der Waals surface area contributed by atoms with Gasteiger partial charge in [-0.1, -0.05) is 30.3 Å². The van der Waals surface area contributed by atoms with Crippen molar-refractivity contribution in [2.24, 2.45) is 5.92 Å². The van der Waals surface area contributed by atoms with E-state index in [1.807, 2.05) is 30.3 Å². The van der Waals surface area contributed by atoms with Crippen LogP contribution in [-0.4, -0.2) is 23.1 Å². The molecule has 1 aliphatic rings. The number of carboxylic acid groups (broad SMARTS) is 1. The van der Waals surface area contributed by atoms with Crippen molar-refractivity contribution in [2.45, 2.75) is 12.5 Å². The molecule has 4 nitrogen and oxygen atoms in total. The minimum Gasteiger partial charge on any atom is -0.478 e. The number of carbonyl (C=O) groups is 2. The summed E-state index contributed by atoms with van der Waals surface area (Å²) in [5, 5.41) is 8.72. The fourth-order valence-corrected chi connectivity index (χ4v) is 1.63. The Hall–Kier alpha value is -1.84. The molecular weight excluding hydrogens is 196 g/mol. The summed E-state index contributed by atoms with van der Waals surface area (Å²) in [6.07, 6.45) is -0.547. The lowest BCUT2D eigenvalue weighted by atomic mass is 9.90. The predicted octanol–water partition coefficient (Wildman–Crippen LogP) is 0.855. The van der Waals surface area contributed by atoms with Crippen molar-refractivity contribution in [1.82, 2.24) is 0 Å². The van der Waals surface area contributed by atoms with Crippen LogP contribution in [0.3, 0.4) is 0 Å². The minimum atomic E-state index is -1.07. The number of cyclic esters (lactones) is 1. The van der Waals surface area contributed by atoms with Crippen LogP contribution in [0.1, 0.15) is 5.56 Å². The first kappa shape index (κ1) is 9.71. The fraction of sp³-hybridized carbons (Fsp3) is 0.273. The van der Waals surface area contributed by atoms with E-state index in [-0.39, 0.29) is 0 Å². The van der Waals surface area contributed by atoms with E-state index in [0.29, 0.717) is 6.42 Å². The molecule has 4 heteroatoms. The summed E-state index contributed by atoms with van der Waals surface area (Å²) in [6.45, 7) is 0. The van der Waals surface area contributed by atoms with Gasteiger partial charge in [0.2, 0.25) is 6.10 Å². The van der Waals surface area contributed by atoms with Gasteiger partial charge in [0.1, 0.15) is 5.92 Å². The molecule has 1 fully saturated rings. The van der Waals surface area contributed by atoms with E-state index in [4.69, 9.17) is 5.11 Å². The Kier molecular flexibility index (Phi) is 2.41. The average molecular weight is 206 g/mol. The standard InChI is InChI=1S/C11H10O4/c12-10(13)9-8(11(14)15-9)6-7-4-2-1-3-5-7/h1-5,8-9H,6H2,(H,12,13)/t8?,9-/m1/s1. The number of carboxylic acids is 1. The van der Waals surface area contributed by atoms with E-state index in [0.717, 1.165) is 5.56 Å². The monoisotopic (exact) mass is 206 g/mol. The zero-order valence-corrected chi connectivity index (χ0v) is 7.92. The summed E-state index contributed by atoms with van der Waals surface area (Å²) < 4.78 is 4.55. The third kappa shape index (κ3) is 1.83. The van der Waals surface area contributed by atoms with Crippen LogP contribution in [0.4, 0.5) is 0 Å². The van der Waals surface area contributed by atoms with Gasteiger partial charge in [-0.2, -0.15) is 0 Å². The Labute approximate surface area is 86.5 Å². The van der Waals surface area contributed by atoms with Crippen LogP contribution < -0.4 is 0 Å². The molecule has 0 spiro atoms. The highest BCUT2D eigenvalue weighted by Crippen LogP contribution is 2.26. The SMILES string of the molecule is O=C1O[C@@H](C(=O)O)C1Cc1ccccc1. The van der Waals surface area contributed by atoms with E-state index < -0.39 is 24.0 Å². The second-order valence-corrected chi connectivity index (χ2v) is 3.49. The molecule has 15 heavy (non-hydrogen) atoms. The number of hydrogen-bond donors (Lipinski definition) is 1. The first-order chi connectivity index (χ1) is 7.18. The molecule has 0 bridgehead atoms. The van der Waals surface area contributed by atoms with E-state index in [1.165, 1.54) is 0 Å². The van der Waals surface area contributed by atoms with Gasteiger partial charge >= 0.3 is 11.9 Å². The summed E-state index contributed by atoms with van der Waals surface area (Å²) >= 11 is 0. The van der Waals surface area contributed by atoms with Crippen LogP contribution in [0.25, 0.3) is 0 Å². The molecule has 1 aliphatic heterocycles. The summed E-state index contributed by atoms with van der Waals surface area (Å²) in [5.74, 6) is -2.04. The summed E-state index contributed by atoms with van der Waals surface area (Å²) in [5.41, 5.74) is 0.949. The Morgan fingerprint density at radius 3 is 2.53 bits per heavy atom. The zero-order chi connectivity index (χ0) is 10.8. The molecule has 0 aliphatic carbocycles. The van der Waals surface area contributed by atoms with Gasteiger partial charge in [-0.3, -0.25) is 4.79 Å². The lowest BCUT2D eigenvalue weighted by molar-refractivity contribution is -0.195. The molecule has 2 rings (SSSR count). The number of esters is 1. The van der Waals surface area contributed by atoms with Gasteiger partial charge in [-0.15, -0.1) is 0 Å². The number of carbonyl (C=O) groups excluding carboxylic acids is 1. The Morgan fingerprint density at radius 1 is 1.33 bits per heavy atom. The van der Waals surface area contributed by atoms with Gasteiger partial charge < -0.3 is 9.84 Å². The van der Waals surface area contributed by atoms with E-state index in [2.05, 4.69) is 4.74 Å². The highest BCUT2D eigenvalue weighted by atomic mass is 16.6. The maximum absolute atomic E-state index is 11.1. The summed E-state index contributed by atoms with van der Waals surface area (Å²) in [7, 11) is 0. The second kappa shape index (κ2) is 3.73. The van der Waals surface area contributed by atoms with Crippen LogP contribution in [0.15, 0.2) is 30.3 Å². The molecule has 1 N–H and O–H groups in total. The van der Waals surface area contributed by atoms with Gasteiger partial charge in [-0.25, -0.2) is 4.79 Å². The van der Waals surface area contributed by atoms with Crippen molar-refractivity contribution in [3.05, 3.63) is 35.9 Å². The average Bonchev–Trinajstić information content (AvgIpc) is 2.23. The topological polar surface area (TPSA) is 63.6 Å². The number of hydrogen-bond acceptors (Lipinski definition) is 3. The maximum atomic E-state index is 11.1. The van der Waals surface area contributed by atoms with Crippen molar-refractivity contribution >= 4 is 11.9 Å². The maximum Gasteiger partial charge on any atom is 0.345 e. The molecule has 0 radical (unpaired) electrons. The molecule has 78 valence electrons. The molecule has 1 aromatic carbocycles. The first-order valence-corrected chi connectivity index (χ1v) is 4.65. The molecule has 2 atom stereocenters. The quantitative estimate of drug-likeness (QED) is 0.745. The van der Waals surface area contributed by atoms with Gasteiger partial charge in [-0.05, 0) is 12.0 Å². The zero-order valence-electron chi connectivity index (χ0n) is 7.92. The molecule has 0 amide bonds. The van der Waals surface area contributed by atoms with Crippen molar-refractivity contribution in [3.63, 3.8) is 0 Å². The molecule has 1 heterocycles. The van der Waals surface area contributed by atoms with Gasteiger partial charge in [0, 0.05) is 0 Å². The largest absolute Gasteiger partial charge is 0.478 e. The van der Waals surface area contributed by atoms with Crippen LogP contribution in [0, 0.1) is 5.92 Å². The van der Waals surface area contributed by atoms with E-state index in [9.17, 15) is 9.59 Å². The van der Waals surface area contributed by atoms with Gasteiger partial charge in [0.25, 0.3) is 0 Å². The first-order valence-electron chi connectivity index (χ1n) is 4.65. The highest BCUT2D eigenvalue weighted by molar-refractivity contribution is 5.90. The summed E-state index contributed by atoms with van der Waals surface area (Å²) in [4.78, 5) is 21.7. The van der Waals surface area contributed by atoms with Crippen LogP contribution in [0.2, 0.25) is 0 Å². The number of ether oxygens (including phenoxy) is 1. The van der Waals surface area contributed by atoms with E-state index in [1.54, 1.807) is 0 Å². The van der Waals surface area contributed by atoms with E-state index >= 15 is 0 Å². The lowest BCUT2D eigenvalue weighted by Gasteiger charge is -2.31. The highest BCUT2D eigenvalue weighted by Gasteiger charge is 2.47. The fourth-order valence-electron chi connectivity index (χ4n) is 1.63. The van der Waals surface area contributed by atoms with Crippen LogP contribution >= 0.6 is 0 Å². The van der Waals surface area contributed by atoms with Crippen molar-refractivity contribution in [2.75, 3.05) is 0 Å². The molecule has 1 aromatic rings. The Balaban J connectivity index is 2.06. The second-order valence-electron chi connectivity index (χ2n) is 3.49. The third-order valence-corrected chi connectivity index (χ3v) is 2.45. The minimum absolute atomic E-state index is 0.425. The lowest BCUT2D eigenvalue weighted by Crippen LogP contribution is -2.50. The smallest absolute Gasteiger partial charge is 0.345 e. The molecule has 0 saturated carbocycles. The van der Waals surface area contributed by atoms with Crippen molar-refractivity contribution in [1.29, 1.82) is 0 Å². The molecule has 1 saturated heterocycles. The summed E-state index contributed by atoms with van der Waals surface area (Å²) in [6, 6.07) is 9.32. The Morgan fingerprint density at radius 2 is 2.00 bits per heavy atom. The van der Waals surface area contributed by atoms with Crippen molar-refractivity contribution in [3.8, 4) is 0 Å². The van der Waals surface area contributed by atoms with Crippen molar-refractivity contribution < 1.29 is 19.4 Å². The molecule has 0 aromatic heterocycles. The van der Waals surface area contributed by atoms with Crippen LogP contribution in [0.5, 0.6) is 0 Å². The van der Waals surface area contributed by atoms with Gasteiger partial charge in [0.05, 0.1) is 0 Å². The molecule has 1 unspecified atom stereocenters. The third-order valence-electron chi connectivity index (χ3n) is 2.45. The number of aliphatic carboxylic acids is 1. The number of benzene rings is 1.